The summed E-state index contributed by atoms with van der Waals surface area (Å²) < 4.78 is 8.36. The third-order valence-corrected chi connectivity index (χ3v) is 7.41. The molecule has 1 amide bonds. The summed E-state index contributed by atoms with van der Waals surface area (Å²) in [6, 6.07) is 16.2. The number of imidazole rings is 1. The highest BCUT2D eigenvalue weighted by molar-refractivity contribution is 6.31. The number of tetrazole rings is 1. The number of rotatable bonds is 9. The van der Waals surface area contributed by atoms with Crippen LogP contribution in [0.2, 0.25) is 5.02 Å². The van der Waals surface area contributed by atoms with E-state index in [1.165, 1.54) is 6.33 Å². The number of fused-ring (bicyclic) bond motifs is 1. The van der Waals surface area contributed by atoms with E-state index >= 15 is 0 Å². The van der Waals surface area contributed by atoms with Crippen molar-refractivity contribution >= 4 is 24.0 Å². The van der Waals surface area contributed by atoms with E-state index in [1.807, 2.05) is 30.3 Å². The summed E-state index contributed by atoms with van der Waals surface area (Å²) in [5.74, 6) is 0.591. The molecule has 3 aromatic heterocycles. The molecule has 5 aromatic rings. The summed E-state index contributed by atoms with van der Waals surface area (Å²) in [7, 11) is 1.64. The molecule has 44 heavy (non-hydrogen) atoms. The Morgan fingerprint density at radius 2 is 1.98 bits per heavy atom. The molecule has 0 saturated heterocycles. The largest absolute Gasteiger partial charge is 0.483 e. The van der Waals surface area contributed by atoms with Gasteiger partial charge in [0.1, 0.15) is 12.2 Å². The Morgan fingerprint density at radius 1 is 1.18 bits per heavy atom. The van der Waals surface area contributed by atoms with Gasteiger partial charge in [-0.05, 0) is 77.2 Å². The van der Waals surface area contributed by atoms with Gasteiger partial charge >= 0.3 is 0 Å². The number of hydrogen-bond donors (Lipinski definition) is 3. The zero-order valence-electron chi connectivity index (χ0n) is 23.7. The fourth-order valence-electron chi connectivity index (χ4n) is 5.19. The lowest BCUT2D eigenvalue weighted by molar-refractivity contribution is -0.122. The van der Waals surface area contributed by atoms with Crippen LogP contribution in [0.15, 0.2) is 71.9 Å². The molecule has 0 unspecified atom stereocenters. The average molecular weight is 617 g/mol. The van der Waals surface area contributed by atoms with Crippen molar-refractivity contribution in [2.45, 2.75) is 25.3 Å². The lowest BCUT2D eigenvalue weighted by Crippen LogP contribution is -2.25. The number of benzene rings is 2. The first-order chi connectivity index (χ1) is 21.4. The molecular formula is C30H29ClN8O5. The van der Waals surface area contributed by atoms with E-state index in [9.17, 15) is 9.59 Å². The van der Waals surface area contributed by atoms with Crippen LogP contribution in [0, 0.1) is 0 Å². The number of hydrogen-bond acceptors (Lipinski definition) is 8. The molecule has 0 spiro atoms. The number of halogens is 1. The Morgan fingerprint density at radius 3 is 2.70 bits per heavy atom. The van der Waals surface area contributed by atoms with Crippen molar-refractivity contribution in [1.82, 2.24) is 40.1 Å². The molecule has 2 aromatic carbocycles. The van der Waals surface area contributed by atoms with E-state index < -0.39 is 0 Å². The van der Waals surface area contributed by atoms with Gasteiger partial charge in [0.2, 0.25) is 0 Å². The first kappa shape index (κ1) is 30.3. The van der Waals surface area contributed by atoms with E-state index in [2.05, 4.69) is 30.8 Å². The molecule has 14 heteroatoms. The number of aromatic nitrogens is 7. The Labute approximate surface area is 256 Å². The van der Waals surface area contributed by atoms with Crippen LogP contribution in [0.5, 0.6) is 0 Å². The van der Waals surface area contributed by atoms with E-state index in [-0.39, 0.29) is 24.0 Å². The maximum atomic E-state index is 13.5. The van der Waals surface area contributed by atoms with E-state index in [4.69, 9.17) is 26.2 Å². The normalized spacial score (nSPS) is 13.5. The predicted molar refractivity (Wildman–Crippen MR) is 162 cm³/mol. The van der Waals surface area contributed by atoms with Crippen molar-refractivity contribution in [2.75, 3.05) is 20.3 Å². The van der Waals surface area contributed by atoms with Gasteiger partial charge in [-0.1, -0.05) is 23.7 Å². The van der Waals surface area contributed by atoms with Crippen LogP contribution in [-0.4, -0.2) is 72.5 Å². The van der Waals surface area contributed by atoms with Crippen LogP contribution in [0.3, 0.4) is 0 Å². The van der Waals surface area contributed by atoms with E-state index in [1.54, 1.807) is 46.8 Å². The van der Waals surface area contributed by atoms with Gasteiger partial charge < -0.3 is 24.7 Å². The second-order valence-electron chi connectivity index (χ2n) is 9.88. The molecule has 0 bridgehead atoms. The van der Waals surface area contributed by atoms with Gasteiger partial charge in [0.25, 0.3) is 17.9 Å². The smallest absolute Gasteiger partial charge is 0.290 e. The van der Waals surface area contributed by atoms with E-state index in [0.717, 1.165) is 53.0 Å². The number of nitrogens with zero attached hydrogens (tertiary/aromatic N) is 6. The Hall–Kier alpha value is -5.14. The predicted octanol–water partition coefficient (Wildman–Crippen LogP) is 3.54. The monoisotopic (exact) mass is 616 g/mol. The highest BCUT2D eigenvalue weighted by Crippen LogP contribution is 2.34. The van der Waals surface area contributed by atoms with Gasteiger partial charge in [-0.15, -0.1) is 5.10 Å². The summed E-state index contributed by atoms with van der Waals surface area (Å²) >= 11 is 6.32. The SMILES string of the molecule is COCCCNC(=O)c1ccc(-c2cnc([C@@H]3CCc4cc(-c5cc(Cl)ccc5-n5cnnn5)cc(=O)n43)[nH]2)cc1.O=CO. The number of carbonyl (C=O) groups is 2. The molecule has 1 aliphatic heterocycles. The number of nitrogens with one attached hydrogen (secondary N) is 2. The summed E-state index contributed by atoms with van der Waals surface area (Å²) in [5, 5.41) is 21.8. The summed E-state index contributed by atoms with van der Waals surface area (Å²) in [6.45, 7) is 0.909. The second-order valence-corrected chi connectivity index (χ2v) is 10.3. The second kappa shape index (κ2) is 13.9. The van der Waals surface area contributed by atoms with Crippen molar-refractivity contribution < 1.29 is 19.4 Å². The molecule has 13 nitrogen and oxygen atoms in total. The Bertz CT molecular complexity index is 1800. The molecule has 226 valence electrons. The summed E-state index contributed by atoms with van der Waals surface area (Å²) in [6.07, 6.45) is 5.48. The van der Waals surface area contributed by atoms with Gasteiger partial charge in [0.05, 0.1) is 23.6 Å². The molecule has 3 N–H and O–H groups in total. The lowest BCUT2D eigenvalue weighted by atomic mass is 10.0. The van der Waals surface area contributed by atoms with Crippen molar-refractivity contribution in [1.29, 1.82) is 0 Å². The number of pyridine rings is 1. The number of carboxylic acid groups (broad SMARTS) is 1. The molecular weight excluding hydrogens is 588 g/mol. The zero-order chi connectivity index (χ0) is 31.1. The topological polar surface area (TPSA) is 170 Å². The first-order valence-corrected chi connectivity index (χ1v) is 14.1. The lowest BCUT2D eigenvalue weighted by Gasteiger charge is -2.15. The summed E-state index contributed by atoms with van der Waals surface area (Å²) in [4.78, 5) is 42.2. The number of methoxy groups -OCH3 is 1. The fourth-order valence-corrected chi connectivity index (χ4v) is 5.37. The number of aromatic amines is 1. The van der Waals surface area contributed by atoms with Crippen molar-refractivity contribution in [3.8, 4) is 28.1 Å². The van der Waals surface area contributed by atoms with Crippen LogP contribution in [0.1, 0.15) is 40.8 Å². The van der Waals surface area contributed by atoms with Crippen molar-refractivity contribution in [3.63, 3.8) is 0 Å². The standard InChI is InChI=1S/C29H27ClN8O3.CH2O2/c1-41-12-2-11-31-29(40)19-5-3-18(4-6-19)24-16-32-28(34-24)26-10-8-22-13-20(14-27(39)38(22)26)23-15-21(30)7-9-25(23)37-17-33-35-36-37;2-1-3/h3-7,9,13-17,26H,2,8,10-12H2,1H3,(H,31,40)(H,32,34);1H,(H,2,3)/t26-;/m0./s1. The molecule has 6 rings (SSSR count). The maximum Gasteiger partial charge on any atom is 0.290 e. The molecule has 4 heterocycles. The molecule has 1 atom stereocenters. The van der Waals surface area contributed by atoms with Crippen molar-refractivity contribution in [3.05, 3.63) is 99.6 Å². The average Bonchev–Trinajstić information content (AvgIpc) is 3.81. The number of ether oxygens (including phenoxy) is 1. The minimum Gasteiger partial charge on any atom is -0.483 e. The quantitative estimate of drug-likeness (QED) is 0.166. The van der Waals surface area contributed by atoms with Gasteiger partial charge in [-0.2, -0.15) is 4.68 Å². The molecule has 0 radical (unpaired) electrons. The van der Waals surface area contributed by atoms with Crippen molar-refractivity contribution in [2.24, 2.45) is 0 Å². The molecule has 1 aliphatic rings. The first-order valence-electron chi connectivity index (χ1n) is 13.7. The number of carbonyl (C=O) groups excluding carboxylic acids is 1. The summed E-state index contributed by atoms with van der Waals surface area (Å²) in [5.41, 5.74) is 5.33. The van der Waals surface area contributed by atoms with E-state index in [0.29, 0.717) is 29.6 Å². The third-order valence-electron chi connectivity index (χ3n) is 7.18. The van der Waals surface area contributed by atoms with Crippen LogP contribution in [-0.2, 0) is 16.0 Å². The number of H-pyrrole nitrogens is 1. The highest BCUT2D eigenvalue weighted by atomic mass is 35.5. The zero-order valence-corrected chi connectivity index (χ0v) is 24.4. The molecule has 0 fully saturated rings. The van der Waals surface area contributed by atoms with Gasteiger partial charge in [-0.3, -0.25) is 14.4 Å². The number of amides is 1. The van der Waals surface area contributed by atoms with Crippen LogP contribution in [0.4, 0.5) is 0 Å². The van der Waals surface area contributed by atoms with Crippen LogP contribution in [0.25, 0.3) is 28.1 Å². The Kier molecular flexibility index (Phi) is 9.57. The number of aryl methyl sites for hydroxylation is 1. The van der Waals surface area contributed by atoms with Crippen LogP contribution >= 0.6 is 11.6 Å². The minimum atomic E-state index is -0.250. The van der Waals surface area contributed by atoms with Gasteiger partial charge in [-0.25, -0.2) is 4.98 Å². The van der Waals surface area contributed by atoms with Gasteiger partial charge in [0, 0.05) is 48.2 Å². The molecule has 0 aliphatic carbocycles. The highest BCUT2D eigenvalue weighted by Gasteiger charge is 2.28. The third kappa shape index (κ3) is 6.58. The van der Waals surface area contributed by atoms with Crippen LogP contribution < -0.4 is 10.9 Å². The minimum absolute atomic E-state index is 0.123. The fraction of sp³-hybridized carbons (Fsp3) is 0.233. The maximum absolute atomic E-state index is 13.5. The van der Waals surface area contributed by atoms with Gasteiger partial charge in [0.15, 0.2) is 0 Å². The molecule has 0 saturated carbocycles. The Balaban J connectivity index is 0.00000123.